The Balaban J connectivity index is 1.76. The van der Waals surface area contributed by atoms with Gasteiger partial charge in [0.25, 0.3) is 0 Å². The molecule has 0 bridgehead atoms. The van der Waals surface area contributed by atoms with Gasteiger partial charge in [0.1, 0.15) is 5.82 Å². The van der Waals surface area contributed by atoms with Crippen molar-refractivity contribution in [2.75, 3.05) is 25.3 Å². The maximum atomic E-state index is 13.0. The van der Waals surface area contributed by atoms with Gasteiger partial charge in [0.2, 0.25) is 5.91 Å². The predicted molar refractivity (Wildman–Crippen MR) is 115 cm³/mol. The third-order valence-corrected chi connectivity index (χ3v) is 5.10. The molecule has 3 aromatic rings. The highest BCUT2D eigenvalue weighted by atomic mass is 32.2. The van der Waals surface area contributed by atoms with E-state index in [9.17, 15) is 9.18 Å². The maximum Gasteiger partial charge on any atom is 0.234 e. The second kappa shape index (κ2) is 9.93. The fourth-order valence-corrected chi connectivity index (χ4v) is 3.49. The van der Waals surface area contributed by atoms with Crippen LogP contribution in [0.1, 0.15) is 0 Å². The van der Waals surface area contributed by atoms with Crippen LogP contribution in [0.15, 0.2) is 60.3 Å². The molecule has 9 heteroatoms. The van der Waals surface area contributed by atoms with Crippen LogP contribution in [0.25, 0.3) is 11.4 Å². The average Bonchev–Trinajstić information content (AvgIpc) is 3.16. The van der Waals surface area contributed by atoms with Crippen molar-refractivity contribution in [2.45, 2.75) is 11.7 Å². The SMILES string of the molecule is C=CCn1c(SCC(=O)Nc2ccc(F)cc2)nnc1-c1ccc(OC)c(OC)c1. The Kier molecular flexibility index (Phi) is 7.08. The lowest BCUT2D eigenvalue weighted by Crippen LogP contribution is -2.14. The first kappa shape index (κ1) is 21.4. The first-order valence-electron chi connectivity index (χ1n) is 9.00. The topological polar surface area (TPSA) is 78.3 Å². The van der Waals surface area contributed by atoms with Crippen LogP contribution in [0.2, 0.25) is 0 Å². The van der Waals surface area contributed by atoms with Gasteiger partial charge in [-0.3, -0.25) is 9.36 Å². The first-order valence-corrected chi connectivity index (χ1v) is 9.99. The number of carbonyl (C=O) groups is 1. The van der Waals surface area contributed by atoms with Gasteiger partial charge in [0.15, 0.2) is 22.5 Å². The Morgan fingerprint density at radius 2 is 1.90 bits per heavy atom. The van der Waals surface area contributed by atoms with Crippen molar-refractivity contribution in [2.24, 2.45) is 0 Å². The number of ether oxygens (including phenoxy) is 2. The molecule has 156 valence electrons. The highest BCUT2D eigenvalue weighted by Gasteiger charge is 2.17. The molecule has 0 unspecified atom stereocenters. The van der Waals surface area contributed by atoms with Crippen LogP contribution in [-0.4, -0.2) is 40.6 Å². The number of aromatic nitrogens is 3. The molecule has 0 saturated carbocycles. The third-order valence-electron chi connectivity index (χ3n) is 4.13. The van der Waals surface area contributed by atoms with Crippen molar-refractivity contribution in [3.63, 3.8) is 0 Å². The first-order chi connectivity index (χ1) is 14.5. The zero-order chi connectivity index (χ0) is 21.5. The van der Waals surface area contributed by atoms with E-state index in [4.69, 9.17) is 9.47 Å². The monoisotopic (exact) mass is 428 g/mol. The number of amides is 1. The molecule has 0 fully saturated rings. The second-order valence-corrected chi connectivity index (χ2v) is 7.06. The van der Waals surface area contributed by atoms with Crippen LogP contribution >= 0.6 is 11.8 Å². The molecule has 0 spiro atoms. The van der Waals surface area contributed by atoms with Gasteiger partial charge in [-0.25, -0.2) is 4.39 Å². The van der Waals surface area contributed by atoms with Crippen molar-refractivity contribution >= 4 is 23.4 Å². The van der Waals surface area contributed by atoms with E-state index in [1.807, 2.05) is 16.7 Å². The summed E-state index contributed by atoms with van der Waals surface area (Å²) in [6, 6.07) is 11.1. The molecular weight excluding hydrogens is 407 g/mol. The summed E-state index contributed by atoms with van der Waals surface area (Å²) >= 11 is 1.25. The summed E-state index contributed by atoms with van der Waals surface area (Å²) in [7, 11) is 3.14. The fourth-order valence-electron chi connectivity index (χ4n) is 2.74. The lowest BCUT2D eigenvalue weighted by molar-refractivity contribution is -0.113. The molecule has 0 aliphatic rings. The average molecular weight is 428 g/mol. The van der Waals surface area contributed by atoms with Crippen LogP contribution in [-0.2, 0) is 11.3 Å². The standard InChI is InChI=1S/C21H21FN4O3S/c1-4-11-26-20(14-5-10-17(28-2)18(12-14)29-3)24-25-21(26)30-13-19(27)23-16-8-6-15(22)7-9-16/h4-10,12H,1,11,13H2,2-3H3,(H,23,27). The molecule has 1 amide bonds. The second-order valence-electron chi connectivity index (χ2n) is 6.12. The number of anilines is 1. The highest BCUT2D eigenvalue weighted by Crippen LogP contribution is 2.33. The predicted octanol–water partition coefficient (Wildman–Crippen LogP) is 4.02. The largest absolute Gasteiger partial charge is 0.493 e. The zero-order valence-corrected chi connectivity index (χ0v) is 17.4. The number of hydrogen-bond donors (Lipinski definition) is 1. The normalized spacial score (nSPS) is 10.5. The smallest absolute Gasteiger partial charge is 0.234 e. The Labute approximate surface area is 177 Å². The van der Waals surface area contributed by atoms with Gasteiger partial charge in [-0.2, -0.15) is 0 Å². The van der Waals surface area contributed by atoms with Gasteiger partial charge < -0.3 is 14.8 Å². The molecule has 1 heterocycles. The summed E-state index contributed by atoms with van der Waals surface area (Å²) in [5.41, 5.74) is 1.32. The number of benzene rings is 2. The number of allylic oxidation sites excluding steroid dienone is 1. The van der Waals surface area contributed by atoms with Crippen LogP contribution in [0, 0.1) is 5.82 Å². The summed E-state index contributed by atoms with van der Waals surface area (Å²) in [6.07, 6.45) is 1.73. The Hall–Kier alpha value is -3.33. The van der Waals surface area contributed by atoms with Gasteiger partial charge in [-0.05, 0) is 42.5 Å². The number of nitrogens with one attached hydrogen (secondary N) is 1. The maximum absolute atomic E-state index is 13.0. The molecule has 1 N–H and O–H groups in total. The molecule has 0 saturated heterocycles. The quantitative estimate of drug-likeness (QED) is 0.410. The lowest BCUT2D eigenvalue weighted by atomic mass is 10.2. The minimum absolute atomic E-state index is 0.124. The summed E-state index contributed by atoms with van der Waals surface area (Å²) in [5, 5.41) is 11.8. The molecule has 1 aromatic heterocycles. The molecule has 3 rings (SSSR count). The number of halogens is 1. The Morgan fingerprint density at radius 3 is 2.57 bits per heavy atom. The van der Waals surface area contributed by atoms with E-state index in [1.54, 1.807) is 26.4 Å². The fraction of sp³-hybridized carbons (Fsp3) is 0.190. The van der Waals surface area contributed by atoms with Crippen molar-refractivity contribution in [1.82, 2.24) is 14.8 Å². The van der Waals surface area contributed by atoms with E-state index in [-0.39, 0.29) is 17.5 Å². The molecule has 0 aliphatic heterocycles. The Morgan fingerprint density at radius 1 is 1.17 bits per heavy atom. The van der Waals surface area contributed by atoms with E-state index in [0.29, 0.717) is 34.7 Å². The van der Waals surface area contributed by atoms with Gasteiger partial charge >= 0.3 is 0 Å². The summed E-state index contributed by atoms with van der Waals surface area (Å²) in [4.78, 5) is 12.2. The molecule has 0 aliphatic carbocycles. The van der Waals surface area contributed by atoms with Crippen molar-refractivity contribution in [1.29, 1.82) is 0 Å². The third kappa shape index (κ3) is 4.98. The van der Waals surface area contributed by atoms with Crippen LogP contribution < -0.4 is 14.8 Å². The summed E-state index contributed by atoms with van der Waals surface area (Å²) < 4.78 is 25.5. The molecule has 30 heavy (non-hydrogen) atoms. The molecule has 0 radical (unpaired) electrons. The van der Waals surface area contributed by atoms with Crippen molar-refractivity contribution in [3.8, 4) is 22.9 Å². The zero-order valence-electron chi connectivity index (χ0n) is 16.6. The lowest BCUT2D eigenvalue weighted by Gasteiger charge is -2.11. The molecule has 7 nitrogen and oxygen atoms in total. The number of hydrogen-bond acceptors (Lipinski definition) is 6. The van der Waals surface area contributed by atoms with E-state index < -0.39 is 0 Å². The minimum atomic E-state index is -0.359. The summed E-state index contributed by atoms with van der Waals surface area (Å²) in [5.74, 6) is 1.35. The highest BCUT2D eigenvalue weighted by molar-refractivity contribution is 7.99. The van der Waals surface area contributed by atoms with Crippen molar-refractivity contribution < 1.29 is 18.7 Å². The van der Waals surface area contributed by atoms with Crippen LogP contribution in [0.3, 0.4) is 0 Å². The van der Waals surface area contributed by atoms with Gasteiger partial charge in [-0.15, -0.1) is 16.8 Å². The number of nitrogens with zero attached hydrogens (tertiary/aromatic N) is 3. The Bertz CT molecular complexity index is 1040. The van der Waals surface area contributed by atoms with Gasteiger partial charge in [0.05, 0.1) is 20.0 Å². The van der Waals surface area contributed by atoms with Crippen LogP contribution in [0.4, 0.5) is 10.1 Å². The van der Waals surface area contributed by atoms with Crippen LogP contribution in [0.5, 0.6) is 11.5 Å². The van der Waals surface area contributed by atoms with E-state index in [0.717, 1.165) is 5.56 Å². The molecule has 2 aromatic carbocycles. The van der Waals surface area contributed by atoms with E-state index >= 15 is 0 Å². The van der Waals surface area contributed by atoms with E-state index in [1.165, 1.54) is 36.0 Å². The number of methoxy groups -OCH3 is 2. The van der Waals surface area contributed by atoms with Gasteiger partial charge in [-0.1, -0.05) is 17.8 Å². The van der Waals surface area contributed by atoms with Gasteiger partial charge in [0, 0.05) is 17.8 Å². The number of rotatable bonds is 9. The summed E-state index contributed by atoms with van der Waals surface area (Å²) in [6.45, 7) is 4.26. The van der Waals surface area contributed by atoms with E-state index in [2.05, 4.69) is 22.1 Å². The molecule has 0 atom stereocenters. The van der Waals surface area contributed by atoms with Crippen molar-refractivity contribution in [3.05, 3.63) is 60.9 Å². The minimum Gasteiger partial charge on any atom is -0.493 e. The number of carbonyl (C=O) groups excluding carboxylic acids is 1. The number of thioether (sulfide) groups is 1. The molecular formula is C21H21FN4O3S.